The second kappa shape index (κ2) is 8.34. The first-order valence-electron chi connectivity index (χ1n) is 10.5. The molecule has 1 unspecified atom stereocenters. The summed E-state index contributed by atoms with van der Waals surface area (Å²) < 4.78 is 4.08. The van der Waals surface area contributed by atoms with Gasteiger partial charge in [-0.25, -0.2) is 9.67 Å². The van der Waals surface area contributed by atoms with Crippen LogP contribution in [0.1, 0.15) is 30.2 Å². The SMILES string of the molecule is Cc1nn(-c2ccccc2)c2c1N=C(c1ccc(Br)cc1)CC(C)(c1ccc(Br)cc1)N2. The minimum atomic E-state index is -0.378. The summed E-state index contributed by atoms with van der Waals surface area (Å²) in [6, 6.07) is 27.1. The molecule has 4 nitrogen and oxygen atoms in total. The van der Waals surface area contributed by atoms with Crippen LogP contribution in [0.2, 0.25) is 0 Å². The van der Waals surface area contributed by atoms with Crippen LogP contribution in [0.25, 0.3) is 5.69 Å². The standard InChI is InChI=1S/C26H22Br2N4/c1-17-24-25(32(31-17)22-6-4-3-5-7-22)30-26(2,19-10-14-21(28)15-11-19)16-23(29-24)18-8-12-20(27)13-9-18/h3-15,30H,16H2,1-2H3. The Kier molecular flexibility index (Phi) is 5.51. The monoisotopic (exact) mass is 548 g/mol. The zero-order chi connectivity index (χ0) is 22.3. The maximum absolute atomic E-state index is 5.17. The Labute approximate surface area is 204 Å². The van der Waals surface area contributed by atoms with Crippen LogP contribution in [-0.4, -0.2) is 15.5 Å². The van der Waals surface area contributed by atoms with E-state index in [1.165, 1.54) is 5.56 Å². The summed E-state index contributed by atoms with van der Waals surface area (Å²) >= 11 is 7.11. The molecule has 0 saturated carbocycles. The molecule has 1 atom stereocenters. The highest BCUT2D eigenvalue weighted by Crippen LogP contribution is 2.42. The lowest BCUT2D eigenvalue weighted by atomic mass is 9.85. The molecule has 6 heteroatoms. The molecule has 3 aromatic carbocycles. The maximum Gasteiger partial charge on any atom is 0.156 e. The number of aliphatic imine (C=N–C) groups is 1. The van der Waals surface area contributed by atoms with E-state index in [9.17, 15) is 0 Å². The molecule has 0 spiro atoms. The van der Waals surface area contributed by atoms with Crippen LogP contribution in [0, 0.1) is 6.92 Å². The predicted octanol–water partition coefficient (Wildman–Crippen LogP) is 7.56. The fourth-order valence-corrected chi connectivity index (χ4v) is 4.67. The van der Waals surface area contributed by atoms with Gasteiger partial charge < -0.3 is 5.32 Å². The summed E-state index contributed by atoms with van der Waals surface area (Å²) in [5.74, 6) is 0.909. The Hall–Kier alpha value is -2.70. The fraction of sp³-hybridized carbons (Fsp3) is 0.154. The van der Waals surface area contributed by atoms with Crippen molar-refractivity contribution in [2.24, 2.45) is 4.99 Å². The zero-order valence-corrected chi connectivity index (χ0v) is 21.0. The lowest BCUT2D eigenvalue weighted by Gasteiger charge is -2.32. The molecule has 1 aromatic heterocycles. The summed E-state index contributed by atoms with van der Waals surface area (Å²) in [6.45, 7) is 4.25. The number of anilines is 1. The predicted molar refractivity (Wildman–Crippen MR) is 138 cm³/mol. The van der Waals surface area contributed by atoms with Crippen molar-refractivity contribution in [3.05, 3.63) is 105 Å². The molecule has 1 N–H and O–H groups in total. The minimum absolute atomic E-state index is 0.378. The number of para-hydroxylation sites is 1. The molecule has 4 aromatic rings. The van der Waals surface area contributed by atoms with Crippen molar-refractivity contribution in [2.75, 3.05) is 5.32 Å². The lowest BCUT2D eigenvalue weighted by Crippen LogP contribution is -2.34. The summed E-state index contributed by atoms with van der Waals surface area (Å²) in [5, 5.41) is 8.68. The van der Waals surface area contributed by atoms with Crippen molar-refractivity contribution in [1.29, 1.82) is 0 Å². The number of halogens is 2. The largest absolute Gasteiger partial charge is 0.359 e. The van der Waals surface area contributed by atoms with Crippen LogP contribution < -0.4 is 5.32 Å². The van der Waals surface area contributed by atoms with Crippen LogP contribution in [0.15, 0.2) is 92.8 Å². The van der Waals surface area contributed by atoms with Gasteiger partial charge in [0.2, 0.25) is 0 Å². The van der Waals surface area contributed by atoms with Gasteiger partial charge in [-0.1, -0.05) is 74.3 Å². The van der Waals surface area contributed by atoms with Crippen LogP contribution in [-0.2, 0) is 5.54 Å². The summed E-state index contributed by atoms with van der Waals surface area (Å²) in [4.78, 5) is 5.17. The molecule has 0 radical (unpaired) electrons. The average molecular weight is 550 g/mol. The van der Waals surface area contributed by atoms with Gasteiger partial charge in [0, 0.05) is 15.4 Å². The highest BCUT2D eigenvalue weighted by atomic mass is 79.9. The minimum Gasteiger partial charge on any atom is -0.359 e. The second-order valence-electron chi connectivity index (χ2n) is 8.24. The number of nitrogens with one attached hydrogen (secondary N) is 1. The number of hydrogen-bond donors (Lipinski definition) is 1. The Morgan fingerprint density at radius 1 is 0.875 bits per heavy atom. The van der Waals surface area contributed by atoms with E-state index in [0.29, 0.717) is 0 Å². The topological polar surface area (TPSA) is 42.2 Å². The van der Waals surface area contributed by atoms with E-state index >= 15 is 0 Å². The first-order chi connectivity index (χ1) is 15.4. The Bertz CT molecular complexity index is 1290. The van der Waals surface area contributed by atoms with Gasteiger partial charge in [0.25, 0.3) is 0 Å². The number of aromatic nitrogens is 2. The first-order valence-corrected chi connectivity index (χ1v) is 12.0. The van der Waals surface area contributed by atoms with Crippen LogP contribution in [0.4, 0.5) is 11.5 Å². The zero-order valence-electron chi connectivity index (χ0n) is 17.8. The first kappa shape index (κ1) is 21.2. The van der Waals surface area contributed by atoms with E-state index in [1.807, 2.05) is 29.8 Å². The van der Waals surface area contributed by atoms with E-state index in [-0.39, 0.29) is 5.54 Å². The van der Waals surface area contributed by atoms with E-state index in [0.717, 1.165) is 49.5 Å². The Balaban J connectivity index is 1.72. The molecule has 0 fully saturated rings. The van der Waals surface area contributed by atoms with Gasteiger partial charge in [-0.2, -0.15) is 5.10 Å². The summed E-state index contributed by atoms with van der Waals surface area (Å²) in [7, 11) is 0. The second-order valence-corrected chi connectivity index (χ2v) is 10.1. The molecule has 5 rings (SSSR count). The maximum atomic E-state index is 5.17. The van der Waals surface area contributed by atoms with Gasteiger partial charge in [0.15, 0.2) is 5.82 Å². The van der Waals surface area contributed by atoms with Gasteiger partial charge in [0.05, 0.1) is 22.6 Å². The van der Waals surface area contributed by atoms with Gasteiger partial charge >= 0.3 is 0 Å². The van der Waals surface area contributed by atoms with Gasteiger partial charge in [0.1, 0.15) is 5.69 Å². The van der Waals surface area contributed by atoms with Crippen LogP contribution in [0.3, 0.4) is 0 Å². The molecule has 1 aliphatic rings. The van der Waals surface area contributed by atoms with Crippen molar-refractivity contribution in [3.8, 4) is 5.69 Å². The number of nitrogens with zero attached hydrogens (tertiary/aromatic N) is 3. The van der Waals surface area contributed by atoms with E-state index < -0.39 is 0 Å². The molecule has 1 aliphatic heterocycles. The number of fused-ring (bicyclic) bond motifs is 1. The highest BCUT2D eigenvalue weighted by Gasteiger charge is 2.35. The van der Waals surface area contributed by atoms with Crippen LogP contribution in [0.5, 0.6) is 0 Å². The van der Waals surface area contributed by atoms with Crippen molar-refractivity contribution >= 4 is 49.1 Å². The Morgan fingerprint density at radius 3 is 2.16 bits per heavy atom. The molecule has 32 heavy (non-hydrogen) atoms. The summed E-state index contributed by atoms with van der Waals surface area (Å²) in [5.41, 5.74) is 5.74. The third-order valence-electron chi connectivity index (χ3n) is 5.85. The van der Waals surface area contributed by atoms with E-state index in [1.54, 1.807) is 0 Å². The molecular formula is C26H22Br2N4. The van der Waals surface area contributed by atoms with Crippen molar-refractivity contribution < 1.29 is 0 Å². The van der Waals surface area contributed by atoms with Crippen molar-refractivity contribution in [1.82, 2.24) is 9.78 Å². The third kappa shape index (κ3) is 3.93. The van der Waals surface area contributed by atoms with E-state index in [4.69, 9.17) is 10.1 Å². The molecular weight excluding hydrogens is 528 g/mol. The molecule has 160 valence electrons. The van der Waals surface area contributed by atoms with Crippen molar-refractivity contribution in [2.45, 2.75) is 25.8 Å². The molecule has 0 amide bonds. The van der Waals surface area contributed by atoms with Gasteiger partial charge in [-0.05, 0) is 61.4 Å². The summed E-state index contributed by atoms with van der Waals surface area (Å²) in [6.07, 6.45) is 0.735. The van der Waals surface area contributed by atoms with Crippen molar-refractivity contribution in [3.63, 3.8) is 0 Å². The van der Waals surface area contributed by atoms with Gasteiger partial charge in [-0.15, -0.1) is 0 Å². The number of hydrogen-bond acceptors (Lipinski definition) is 3. The molecule has 2 heterocycles. The smallest absolute Gasteiger partial charge is 0.156 e. The number of aryl methyl sites for hydroxylation is 1. The molecule has 0 aliphatic carbocycles. The fourth-order valence-electron chi connectivity index (χ4n) is 4.14. The average Bonchev–Trinajstić information content (AvgIpc) is 2.99. The molecule has 0 bridgehead atoms. The number of rotatable bonds is 3. The van der Waals surface area contributed by atoms with Gasteiger partial charge in [-0.3, -0.25) is 0 Å². The normalized spacial score (nSPS) is 17.8. The third-order valence-corrected chi connectivity index (χ3v) is 6.91. The lowest BCUT2D eigenvalue weighted by molar-refractivity contribution is 0.564. The quantitative estimate of drug-likeness (QED) is 0.286. The number of benzene rings is 3. The highest BCUT2D eigenvalue weighted by molar-refractivity contribution is 9.10. The van der Waals surface area contributed by atoms with Crippen LogP contribution >= 0.6 is 31.9 Å². The Morgan fingerprint density at radius 2 is 1.50 bits per heavy atom. The van der Waals surface area contributed by atoms with E-state index in [2.05, 4.69) is 105 Å². The molecule has 0 saturated heterocycles.